The average Bonchev–Trinajstić information content (AvgIpc) is 3.05. The first-order valence-electron chi connectivity index (χ1n) is 10.5. The summed E-state index contributed by atoms with van der Waals surface area (Å²) < 4.78 is 17.4. The number of Topliss-reactive ketones (excluding diaryl/α,β-unsaturated/α-hetero) is 1. The van der Waals surface area contributed by atoms with Gasteiger partial charge in [-0.2, -0.15) is 0 Å². The Morgan fingerprint density at radius 1 is 1.12 bits per heavy atom. The highest BCUT2D eigenvalue weighted by molar-refractivity contribution is 9.10. The number of ether oxygens (including phenoxy) is 3. The molecule has 2 aromatic rings. The number of halogens is 1. The molecule has 0 bridgehead atoms. The lowest BCUT2D eigenvalue weighted by Gasteiger charge is -2.29. The fourth-order valence-corrected chi connectivity index (χ4v) is 4.98. The molecule has 1 aliphatic heterocycles. The van der Waals surface area contributed by atoms with Crippen LogP contribution in [0.2, 0.25) is 0 Å². The van der Waals surface area contributed by atoms with E-state index < -0.39 is 11.9 Å². The van der Waals surface area contributed by atoms with Gasteiger partial charge >= 0.3 is 5.97 Å². The number of rotatable bonds is 6. The van der Waals surface area contributed by atoms with Crippen LogP contribution in [0.5, 0.6) is 11.5 Å². The van der Waals surface area contributed by atoms with Crippen LogP contribution in [0.3, 0.4) is 0 Å². The van der Waals surface area contributed by atoms with E-state index in [1.807, 2.05) is 50.2 Å². The molecule has 0 fully saturated rings. The molecule has 1 N–H and O–H groups in total. The molecule has 7 heteroatoms. The van der Waals surface area contributed by atoms with Gasteiger partial charge in [0.15, 0.2) is 17.3 Å². The molecule has 1 unspecified atom stereocenters. The Morgan fingerprint density at radius 3 is 2.50 bits per heavy atom. The molecule has 2 aliphatic rings. The number of hydrogen-bond acceptors (Lipinski definition) is 6. The second kappa shape index (κ2) is 8.82. The number of allylic oxidation sites excluding steroid dienone is 2. The molecule has 0 spiro atoms. The molecule has 0 radical (unpaired) electrons. The van der Waals surface area contributed by atoms with E-state index in [1.165, 1.54) is 0 Å². The Balaban J connectivity index is 1.96. The quantitative estimate of drug-likeness (QED) is 0.566. The number of esters is 1. The van der Waals surface area contributed by atoms with Gasteiger partial charge in [0.25, 0.3) is 0 Å². The Bertz CT molecular complexity index is 1180. The molecule has 4 rings (SSSR count). The first-order chi connectivity index (χ1) is 15.4. The molecule has 1 atom stereocenters. The molecular formula is C25H24BrNO5. The van der Waals surface area contributed by atoms with Gasteiger partial charge in [0.2, 0.25) is 0 Å². The summed E-state index contributed by atoms with van der Waals surface area (Å²) in [4.78, 5) is 26.6. The second-order valence-corrected chi connectivity index (χ2v) is 8.30. The molecule has 0 aromatic heterocycles. The van der Waals surface area contributed by atoms with Crippen molar-refractivity contribution in [2.24, 2.45) is 0 Å². The predicted octanol–water partition coefficient (Wildman–Crippen LogP) is 4.99. The second-order valence-electron chi connectivity index (χ2n) is 7.45. The number of ketones is 1. The SMILES string of the molecule is CCOC(=O)C1=C(C)NC2=C(C(=O)c3ccccc32)C1c1cc(Br)c(OC)c(OCC)c1. The van der Waals surface area contributed by atoms with Crippen LogP contribution in [0.15, 0.2) is 57.7 Å². The summed E-state index contributed by atoms with van der Waals surface area (Å²) in [5, 5.41) is 3.30. The molecule has 32 heavy (non-hydrogen) atoms. The van der Waals surface area contributed by atoms with Crippen molar-refractivity contribution in [3.63, 3.8) is 0 Å². The van der Waals surface area contributed by atoms with Crippen LogP contribution in [0.4, 0.5) is 0 Å². The van der Waals surface area contributed by atoms with E-state index >= 15 is 0 Å². The van der Waals surface area contributed by atoms with E-state index in [2.05, 4.69) is 21.2 Å². The standard InChI is InChI=1S/C25H24BrNO5/c1-5-31-18-12-14(11-17(26)24(18)30-4)20-19(25(29)32-6-2)13(3)27-22-15-9-7-8-10-16(15)23(28)21(20)22/h7-12,20,27H,5-6H2,1-4H3. The Morgan fingerprint density at radius 2 is 1.84 bits per heavy atom. The van der Waals surface area contributed by atoms with E-state index in [0.29, 0.717) is 45.0 Å². The Hall–Kier alpha value is -3.06. The van der Waals surface area contributed by atoms with Gasteiger partial charge in [-0.3, -0.25) is 4.79 Å². The van der Waals surface area contributed by atoms with Crippen molar-refractivity contribution in [1.82, 2.24) is 5.32 Å². The number of nitrogens with one attached hydrogen (secondary N) is 1. The van der Waals surface area contributed by atoms with Gasteiger partial charge in [0.05, 0.1) is 36.1 Å². The summed E-state index contributed by atoms with van der Waals surface area (Å²) >= 11 is 3.56. The van der Waals surface area contributed by atoms with Gasteiger partial charge in [-0.1, -0.05) is 24.3 Å². The molecule has 1 aliphatic carbocycles. The zero-order chi connectivity index (χ0) is 23.0. The third kappa shape index (κ3) is 3.50. The highest BCUT2D eigenvalue weighted by atomic mass is 79.9. The van der Waals surface area contributed by atoms with Crippen molar-refractivity contribution >= 4 is 33.4 Å². The number of carbonyl (C=O) groups is 2. The lowest BCUT2D eigenvalue weighted by atomic mass is 9.79. The number of hydrogen-bond donors (Lipinski definition) is 1. The Kier molecular flexibility index (Phi) is 6.11. The highest BCUT2D eigenvalue weighted by Crippen LogP contribution is 2.49. The van der Waals surface area contributed by atoms with Crippen molar-refractivity contribution in [3.8, 4) is 11.5 Å². The zero-order valence-corrected chi connectivity index (χ0v) is 20.0. The molecule has 0 saturated heterocycles. The maximum absolute atomic E-state index is 13.5. The highest BCUT2D eigenvalue weighted by Gasteiger charge is 2.43. The van der Waals surface area contributed by atoms with Crippen molar-refractivity contribution in [2.45, 2.75) is 26.7 Å². The molecule has 166 valence electrons. The van der Waals surface area contributed by atoms with Crippen molar-refractivity contribution < 1.29 is 23.8 Å². The molecular weight excluding hydrogens is 474 g/mol. The topological polar surface area (TPSA) is 73.9 Å². The lowest BCUT2D eigenvalue weighted by Crippen LogP contribution is -2.29. The fourth-order valence-electron chi connectivity index (χ4n) is 4.36. The molecule has 1 heterocycles. The fraction of sp³-hybridized carbons (Fsp3) is 0.280. The van der Waals surface area contributed by atoms with Crippen LogP contribution in [-0.4, -0.2) is 32.1 Å². The number of benzene rings is 2. The molecule has 0 amide bonds. The Labute approximate surface area is 195 Å². The lowest BCUT2D eigenvalue weighted by molar-refractivity contribution is -0.138. The summed E-state index contributed by atoms with van der Waals surface area (Å²) in [5.41, 5.74) is 4.50. The summed E-state index contributed by atoms with van der Waals surface area (Å²) in [6, 6.07) is 11.2. The summed E-state index contributed by atoms with van der Waals surface area (Å²) in [6.07, 6.45) is 0. The first-order valence-corrected chi connectivity index (χ1v) is 11.3. The minimum atomic E-state index is -0.619. The van der Waals surface area contributed by atoms with Gasteiger partial charge < -0.3 is 19.5 Å². The normalized spacial score (nSPS) is 17.0. The number of dihydropyridines is 1. The van der Waals surface area contributed by atoms with E-state index in [9.17, 15) is 9.59 Å². The summed E-state index contributed by atoms with van der Waals surface area (Å²) in [6.45, 7) is 6.15. The van der Waals surface area contributed by atoms with Crippen LogP contribution in [0.1, 0.15) is 48.2 Å². The molecule has 6 nitrogen and oxygen atoms in total. The predicted molar refractivity (Wildman–Crippen MR) is 125 cm³/mol. The summed E-state index contributed by atoms with van der Waals surface area (Å²) in [5.74, 6) is -0.0938. The van der Waals surface area contributed by atoms with Crippen LogP contribution >= 0.6 is 15.9 Å². The first kappa shape index (κ1) is 22.1. The van der Waals surface area contributed by atoms with Gasteiger partial charge in [-0.25, -0.2) is 4.79 Å². The minimum Gasteiger partial charge on any atom is -0.492 e. The van der Waals surface area contributed by atoms with E-state index in [0.717, 1.165) is 16.8 Å². The maximum atomic E-state index is 13.5. The van der Waals surface area contributed by atoms with E-state index in [-0.39, 0.29) is 12.4 Å². The van der Waals surface area contributed by atoms with Crippen LogP contribution in [0.25, 0.3) is 5.70 Å². The smallest absolute Gasteiger partial charge is 0.336 e. The van der Waals surface area contributed by atoms with Gasteiger partial charge in [-0.05, 0) is 54.4 Å². The van der Waals surface area contributed by atoms with Crippen LogP contribution < -0.4 is 14.8 Å². The minimum absolute atomic E-state index is 0.104. The number of carbonyl (C=O) groups excluding carboxylic acids is 2. The monoisotopic (exact) mass is 497 g/mol. The van der Waals surface area contributed by atoms with Gasteiger partial charge in [0.1, 0.15) is 0 Å². The van der Waals surface area contributed by atoms with Crippen molar-refractivity contribution in [2.75, 3.05) is 20.3 Å². The summed E-state index contributed by atoms with van der Waals surface area (Å²) in [7, 11) is 1.57. The van der Waals surface area contributed by atoms with Gasteiger partial charge in [0, 0.05) is 28.3 Å². The number of methoxy groups -OCH3 is 1. The zero-order valence-electron chi connectivity index (χ0n) is 18.4. The van der Waals surface area contributed by atoms with Crippen molar-refractivity contribution in [3.05, 3.63) is 74.4 Å². The molecule has 2 aromatic carbocycles. The van der Waals surface area contributed by atoms with E-state index in [4.69, 9.17) is 14.2 Å². The van der Waals surface area contributed by atoms with Gasteiger partial charge in [-0.15, -0.1) is 0 Å². The average molecular weight is 498 g/mol. The third-order valence-electron chi connectivity index (χ3n) is 5.61. The molecule has 0 saturated carbocycles. The van der Waals surface area contributed by atoms with Crippen LogP contribution in [0, 0.1) is 0 Å². The number of fused-ring (bicyclic) bond motifs is 2. The third-order valence-corrected chi connectivity index (χ3v) is 6.20. The van der Waals surface area contributed by atoms with E-state index in [1.54, 1.807) is 14.0 Å². The van der Waals surface area contributed by atoms with Crippen LogP contribution in [-0.2, 0) is 9.53 Å². The maximum Gasteiger partial charge on any atom is 0.336 e. The largest absolute Gasteiger partial charge is 0.492 e. The van der Waals surface area contributed by atoms with Crippen molar-refractivity contribution in [1.29, 1.82) is 0 Å².